The third-order valence-corrected chi connectivity index (χ3v) is 4.49. The van der Waals surface area contributed by atoms with E-state index in [0.29, 0.717) is 21.8 Å². The maximum absolute atomic E-state index is 13.0. The normalized spacial score (nSPS) is 20.9. The Balaban J connectivity index is 1.81. The van der Waals surface area contributed by atoms with Gasteiger partial charge in [-0.25, -0.2) is 9.37 Å². The zero-order chi connectivity index (χ0) is 12.9. The predicted octanol–water partition coefficient (Wildman–Crippen LogP) is 3.57. The van der Waals surface area contributed by atoms with Gasteiger partial charge in [-0.3, -0.25) is 4.79 Å². The van der Waals surface area contributed by atoms with Crippen molar-refractivity contribution in [1.82, 2.24) is 4.98 Å². The Bertz CT molecular complexity index is 643. The highest BCUT2D eigenvalue weighted by molar-refractivity contribution is 7.22. The summed E-state index contributed by atoms with van der Waals surface area (Å²) in [5.74, 6) is -0.976. The summed E-state index contributed by atoms with van der Waals surface area (Å²) in [5.41, 5.74) is 0.649. The van der Waals surface area contributed by atoms with E-state index < -0.39 is 10.3 Å². The number of halogens is 3. The molecular formula is C11H7Cl2FN2OS. The lowest BCUT2D eigenvalue weighted by molar-refractivity contribution is -0.117. The van der Waals surface area contributed by atoms with Crippen molar-refractivity contribution in [2.24, 2.45) is 5.92 Å². The summed E-state index contributed by atoms with van der Waals surface area (Å²) >= 11 is 12.8. The number of nitrogens with one attached hydrogen (secondary N) is 1. The minimum Gasteiger partial charge on any atom is -0.302 e. The van der Waals surface area contributed by atoms with Crippen molar-refractivity contribution in [2.45, 2.75) is 10.8 Å². The van der Waals surface area contributed by atoms with E-state index in [-0.39, 0.29) is 11.7 Å². The summed E-state index contributed by atoms with van der Waals surface area (Å²) in [6, 6.07) is 4.28. The van der Waals surface area contributed by atoms with Gasteiger partial charge in [0.1, 0.15) is 10.2 Å². The Kier molecular flexibility index (Phi) is 2.73. The number of nitrogens with zero attached hydrogens (tertiary/aromatic N) is 1. The molecule has 3 rings (SSSR count). The Hall–Kier alpha value is -0.910. The van der Waals surface area contributed by atoms with Crippen molar-refractivity contribution in [2.75, 3.05) is 5.32 Å². The van der Waals surface area contributed by atoms with E-state index in [0.717, 1.165) is 0 Å². The van der Waals surface area contributed by atoms with Crippen molar-refractivity contribution in [3.63, 3.8) is 0 Å². The molecule has 1 atom stereocenters. The molecule has 94 valence electrons. The Morgan fingerprint density at radius 1 is 1.56 bits per heavy atom. The van der Waals surface area contributed by atoms with Gasteiger partial charge in [0.05, 0.1) is 16.1 Å². The fourth-order valence-corrected chi connectivity index (χ4v) is 3.04. The lowest BCUT2D eigenvalue weighted by atomic mass is 10.3. The first-order chi connectivity index (χ1) is 8.45. The van der Waals surface area contributed by atoms with Gasteiger partial charge in [-0.05, 0) is 24.6 Å². The Morgan fingerprint density at radius 3 is 2.94 bits per heavy atom. The van der Waals surface area contributed by atoms with Crippen molar-refractivity contribution in [3.05, 3.63) is 24.0 Å². The van der Waals surface area contributed by atoms with Crippen LogP contribution >= 0.6 is 34.5 Å². The molecule has 1 saturated carbocycles. The molecule has 3 nitrogen and oxygen atoms in total. The van der Waals surface area contributed by atoms with Crippen LogP contribution in [0.15, 0.2) is 18.2 Å². The van der Waals surface area contributed by atoms with Crippen LogP contribution < -0.4 is 5.32 Å². The SMILES string of the molecule is O=C(Nc1nc2ccc(F)cc2s1)[C@H]1CC1(Cl)Cl. The Morgan fingerprint density at radius 2 is 2.28 bits per heavy atom. The zero-order valence-corrected chi connectivity index (χ0v) is 11.2. The van der Waals surface area contributed by atoms with Crippen LogP contribution in [0.3, 0.4) is 0 Å². The van der Waals surface area contributed by atoms with Crippen molar-refractivity contribution < 1.29 is 9.18 Å². The summed E-state index contributed by atoms with van der Waals surface area (Å²) in [7, 11) is 0. The highest BCUT2D eigenvalue weighted by atomic mass is 35.5. The second kappa shape index (κ2) is 4.05. The molecule has 1 aliphatic rings. The van der Waals surface area contributed by atoms with Gasteiger partial charge in [-0.15, -0.1) is 23.2 Å². The van der Waals surface area contributed by atoms with E-state index in [4.69, 9.17) is 23.2 Å². The summed E-state index contributed by atoms with van der Waals surface area (Å²) < 4.78 is 12.7. The van der Waals surface area contributed by atoms with Gasteiger partial charge in [-0.1, -0.05) is 11.3 Å². The van der Waals surface area contributed by atoms with Gasteiger partial charge in [-0.2, -0.15) is 0 Å². The minimum absolute atomic E-state index is 0.250. The molecule has 0 unspecified atom stereocenters. The van der Waals surface area contributed by atoms with Gasteiger partial charge in [0.25, 0.3) is 0 Å². The predicted molar refractivity (Wildman–Crippen MR) is 70.8 cm³/mol. The summed E-state index contributed by atoms with van der Waals surface area (Å²) in [5, 5.41) is 3.07. The van der Waals surface area contributed by atoms with Crippen LogP contribution in [0.4, 0.5) is 9.52 Å². The monoisotopic (exact) mass is 304 g/mol. The maximum atomic E-state index is 13.0. The van der Waals surface area contributed by atoms with Crippen LogP contribution in [0.1, 0.15) is 6.42 Å². The molecule has 1 aromatic carbocycles. The van der Waals surface area contributed by atoms with Gasteiger partial charge < -0.3 is 5.32 Å². The van der Waals surface area contributed by atoms with Gasteiger partial charge in [0.2, 0.25) is 5.91 Å². The number of rotatable bonds is 2. The summed E-state index contributed by atoms with van der Waals surface area (Å²) in [6.07, 6.45) is 0.446. The number of aromatic nitrogens is 1. The lowest BCUT2D eigenvalue weighted by Gasteiger charge is -2.00. The molecule has 1 fully saturated rings. The molecule has 0 aliphatic heterocycles. The molecule has 1 amide bonds. The van der Waals surface area contributed by atoms with Crippen molar-refractivity contribution in [3.8, 4) is 0 Å². The average molecular weight is 305 g/mol. The lowest BCUT2D eigenvalue weighted by Crippen LogP contribution is -2.16. The first kappa shape index (κ1) is 12.1. The molecule has 7 heteroatoms. The molecule has 2 aromatic rings. The van der Waals surface area contributed by atoms with Crippen LogP contribution in [0.25, 0.3) is 10.2 Å². The van der Waals surface area contributed by atoms with Gasteiger partial charge >= 0.3 is 0 Å². The van der Waals surface area contributed by atoms with Crippen LogP contribution in [0.2, 0.25) is 0 Å². The standard InChI is InChI=1S/C11H7Cl2FN2OS/c12-11(13)4-6(11)9(17)16-10-15-7-2-1-5(14)3-8(7)18-10/h1-3,6H,4H2,(H,15,16,17)/t6-/m1/s1. The van der Waals surface area contributed by atoms with Crippen molar-refractivity contribution in [1.29, 1.82) is 0 Å². The quantitative estimate of drug-likeness (QED) is 0.862. The zero-order valence-electron chi connectivity index (χ0n) is 8.91. The highest BCUT2D eigenvalue weighted by Crippen LogP contribution is 2.53. The number of benzene rings is 1. The molecule has 1 heterocycles. The van der Waals surface area contributed by atoms with Crippen LogP contribution in [0.5, 0.6) is 0 Å². The molecule has 0 radical (unpaired) electrons. The molecule has 0 bridgehead atoms. The number of carbonyl (C=O) groups is 1. The van der Waals surface area contributed by atoms with Crippen molar-refractivity contribution >= 4 is 55.8 Å². The number of thiazole rings is 1. The fourth-order valence-electron chi connectivity index (χ4n) is 1.64. The van der Waals surface area contributed by atoms with Gasteiger partial charge in [0, 0.05) is 0 Å². The number of fused-ring (bicyclic) bond motifs is 1. The third kappa shape index (κ3) is 2.18. The highest BCUT2D eigenvalue weighted by Gasteiger charge is 2.56. The Labute approximate surface area is 116 Å². The van der Waals surface area contributed by atoms with Crippen LogP contribution in [0, 0.1) is 11.7 Å². The van der Waals surface area contributed by atoms with Crippen LogP contribution in [-0.4, -0.2) is 15.2 Å². The molecule has 1 aliphatic carbocycles. The minimum atomic E-state index is -0.952. The summed E-state index contributed by atoms with van der Waals surface area (Å²) in [4.78, 5) is 15.9. The number of amides is 1. The molecule has 1 aromatic heterocycles. The first-order valence-corrected chi connectivity index (χ1v) is 6.78. The smallest absolute Gasteiger partial charge is 0.232 e. The van der Waals surface area contributed by atoms with E-state index in [1.165, 1.54) is 23.5 Å². The number of alkyl halides is 2. The van der Waals surface area contributed by atoms with E-state index in [1.807, 2.05) is 0 Å². The maximum Gasteiger partial charge on any atom is 0.232 e. The molecular weight excluding hydrogens is 298 g/mol. The van der Waals surface area contributed by atoms with Gasteiger partial charge in [0.15, 0.2) is 5.13 Å². The van der Waals surface area contributed by atoms with E-state index in [9.17, 15) is 9.18 Å². The molecule has 0 spiro atoms. The number of hydrogen-bond acceptors (Lipinski definition) is 3. The molecule has 0 saturated heterocycles. The van der Waals surface area contributed by atoms with E-state index in [1.54, 1.807) is 6.07 Å². The third-order valence-electron chi connectivity index (χ3n) is 2.72. The first-order valence-electron chi connectivity index (χ1n) is 5.20. The summed E-state index contributed by atoms with van der Waals surface area (Å²) in [6.45, 7) is 0. The van der Waals surface area contributed by atoms with Crippen LogP contribution in [-0.2, 0) is 4.79 Å². The molecule has 1 N–H and O–H groups in total. The number of anilines is 1. The topological polar surface area (TPSA) is 42.0 Å². The number of carbonyl (C=O) groups excluding carboxylic acids is 1. The average Bonchev–Trinajstić information content (AvgIpc) is 2.76. The van der Waals surface area contributed by atoms with E-state index >= 15 is 0 Å². The second-order valence-electron chi connectivity index (χ2n) is 4.14. The second-order valence-corrected chi connectivity index (χ2v) is 6.71. The molecule has 18 heavy (non-hydrogen) atoms. The fraction of sp³-hybridized carbons (Fsp3) is 0.273. The van der Waals surface area contributed by atoms with E-state index in [2.05, 4.69) is 10.3 Å². The number of hydrogen-bond donors (Lipinski definition) is 1. The largest absolute Gasteiger partial charge is 0.302 e.